The zero-order valence-electron chi connectivity index (χ0n) is 10.6. The van der Waals surface area contributed by atoms with E-state index >= 15 is 0 Å². The first-order chi connectivity index (χ1) is 8.63. The molecule has 0 unspecified atom stereocenters. The Labute approximate surface area is 106 Å². The lowest BCUT2D eigenvalue weighted by molar-refractivity contribution is -0.119. The molecule has 5 nitrogen and oxygen atoms in total. The van der Waals surface area contributed by atoms with E-state index in [9.17, 15) is 9.59 Å². The van der Waals surface area contributed by atoms with E-state index in [0.717, 1.165) is 12.1 Å². The highest BCUT2D eigenvalue weighted by Crippen LogP contribution is 2.27. The lowest BCUT2D eigenvalue weighted by atomic mass is 10.2. The van der Waals surface area contributed by atoms with Gasteiger partial charge >= 0.3 is 6.03 Å². The van der Waals surface area contributed by atoms with Gasteiger partial charge in [-0.25, -0.2) is 4.79 Å². The summed E-state index contributed by atoms with van der Waals surface area (Å²) in [5.41, 5.74) is 2.13. The van der Waals surface area contributed by atoms with Gasteiger partial charge in [-0.1, -0.05) is 18.2 Å². The van der Waals surface area contributed by atoms with Gasteiger partial charge in [-0.15, -0.1) is 0 Å². The van der Waals surface area contributed by atoms with Gasteiger partial charge in [-0.2, -0.15) is 0 Å². The summed E-state index contributed by atoms with van der Waals surface area (Å²) in [7, 11) is 1.53. The molecule has 96 valence electrons. The van der Waals surface area contributed by atoms with Crippen LogP contribution in [0, 0.1) is 0 Å². The van der Waals surface area contributed by atoms with E-state index < -0.39 is 6.04 Å². The van der Waals surface area contributed by atoms with Crippen molar-refractivity contribution in [1.82, 2.24) is 10.6 Å². The molecule has 0 saturated heterocycles. The Bertz CT molecular complexity index is 473. The van der Waals surface area contributed by atoms with E-state index in [2.05, 4.69) is 10.6 Å². The van der Waals surface area contributed by atoms with Gasteiger partial charge in [-0.3, -0.25) is 4.79 Å². The number of carbonyl (C=O) groups is 2. The Morgan fingerprint density at radius 2 is 2.06 bits per heavy atom. The third-order valence-electron chi connectivity index (χ3n) is 3.10. The molecule has 0 aromatic heterocycles. The SMILES string of the molecule is CNC(=O)N[C@@H](C)C(=O)N1CCc2ccccc21. The molecule has 0 saturated carbocycles. The van der Waals surface area contributed by atoms with E-state index in [0.29, 0.717) is 6.54 Å². The highest BCUT2D eigenvalue weighted by Gasteiger charge is 2.28. The van der Waals surface area contributed by atoms with E-state index in [1.165, 1.54) is 12.6 Å². The summed E-state index contributed by atoms with van der Waals surface area (Å²) in [6, 6.07) is 6.98. The molecule has 1 aromatic rings. The number of nitrogens with one attached hydrogen (secondary N) is 2. The topological polar surface area (TPSA) is 61.4 Å². The number of benzene rings is 1. The van der Waals surface area contributed by atoms with Crippen molar-refractivity contribution < 1.29 is 9.59 Å². The molecule has 1 aliphatic heterocycles. The van der Waals surface area contributed by atoms with Crippen LogP contribution in [0.15, 0.2) is 24.3 Å². The zero-order chi connectivity index (χ0) is 13.1. The monoisotopic (exact) mass is 247 g/mol. The molecule has 5 heteroatoms. The Morgan fingerprint density at radius 1 is 1.33 bits per heavy atom. The van der Waals surface area contributed by atoms with E-state index in [1.54, 1.807) is 11.8 Å². The van der Waals surface area contributed by atoms with E-state index in [1.807, 2.05) is 24.3 Å². The van der Waals surface area contributed by atoms with Crippen molar-refractivity contribution in [2.24, 2.45) is 0 Å². The summed E-state index contributed by atoms with van der Waals surface area (Å²) < 4.78 is 0. The summed E-state index contributed by atoms with van der Waals surface area (Å²) in [5, 5.41) is 5.04. The maximum Gasteiger partial charge on any atom is 0.315 e. The Morgan fingerprint density at radius 3 is 2.78 bits per heavy atom. The number of nitrogens with zero attached hydrogens (tertiary/aromatic N) is 1. The minimum Gasteiger partial charge on any atom is -0.341 e. The predicted octanol–water partition coefficient (Wildman–Crippen LogP) is 0.893. The van der Waals surface area contributed by atoms with Crippen molar-refractivity contribution in [3.63, 3.8) is 0 Å². The number of hydrogen-bond donors (Lipinski definition) is 2. The quantitative estimate of drug-likeness (QED) is 0.815. The molecule has 0 aliphatic carbocycles. The number of para-hydroxylation sites is 1. The largest absolute Gasteiger partial charge is 0.341 e. The van der Waals surface area contributed by atoms with Crippen LogP contribution in [0.5, 0.6) is 0 Å². The number of anilines is 1. The van der Waals surface area contributed by atoms with Crippen LogP contribution in [-0.2, 0) is 11.2 Å². The second-order valence-corrected chi connectivity index (χ2v) is 4.31. The molecule has 1 atom stereocenters. The molecule has 1 aliphatic rings. The minimum absolute atomic E-state index is 0.0800. The summed E-state index contributed by atoms with van der Waals surface area (Å²) in [5.74, 6) is -0.0800. The molecule has 2 rings (SSSR count). The smallest absolute Gasteiger partial charge is 0.315 e. The van der Waals surface area contributed by atoms with Gasteiger partial charge in [0.05, 0.1) is 0 Å². The van der Waals surface area contributed by atoms with Crippen LogP contribution in [0.2, 0.25) is 0 Å². The fourth-order valence-corrected chi connectivity index (χ4v) is 2.13. The molecule has 0 fully saturated rings. The Kier molecular flexibility index (Phi) is 3.50. The normalized spacial score (nSPS) is 14.9. The zero-order valence-corrected chi connectivity index (χ0v) is 10.6. The summed E-state index contributed by atoms with van der Waals surface area (Å²) in [4.78, 5) is 25.2. The second-order valence-electron chi connectivity index (χ2n) is 4.31. The molecular formula is C13H17N3O2. The highest BCUT2D eigenvalue weighted by molar-refractivity contribution is 6.00. The van der Waals surface area contributed by atoms with Gasteiger partial charge < -0.3 is 15.5 Å². The van der Waals surface area contributed by atoms with Gasteiger partial charge in [0.15, 0.2) is 0 Å². The van der Waals surface area contributed by atoms with Crippen molar-refractivity contribution >= 4 is 17.6 Å². The van der Waals surface area contributed by atoms with Gasteiger partial charge in [0.1, 0.15) is 6.04 Å². The lowest BCUT2D eigenvalue weighted by Crippen LogP contribution is -2.49. The molecule has 1 heterocycles. The maximum absolute atomic E-state index is 12.2. The van der Waals surface area contributed by atoms with Gasteiger partial charge in [-0.05, 0) is 25.0 Å². The minimum atomic E-state index is -0.531. The average Bonchev–Trinajstić information content (AvgIpc) is 2.81. The molecule has 0 spiro atoms. The van der Waals surface area contributed by atoms with Crippen LogP contribution in [0.4, 0.5) is 10.5 Å². The van der Waals surface area contributed by atoms with Crippen LogP contribution in [-0.4, -0.2) is 31.6 Å². The van der Waals surface area contributed by atoms with Crippen molar-refractivity contribution in [3.05, 3.63) is 29.8 Å². The van der Waals surface area contributed by atoms with E-state index in [-0.39, 0.29) is 11.9 Å². The van der Waals surface area contributed by atoms with Crippen LogP contribution < -0.4 is 15.5 Å². The molecule has 2 N–H and O–H groups in total. The molecule has 18 heavy (non-hydrogen) atoms. The number of carbonyl (C=O) groups excluding carboxylic acids is 2. The summed E-state index contributed by atoms with van der Waals surface area (Å²) in [6.07, 6.45) is 0.870. The third kappa shape index (κ3) is 2.30. The van der Waals surface area contributed by atoms with Crippen LogP contribution in [0.25, 0.3) is 0 Å². The molecule has 1 aromatic carbocycles. The summed E-state index contributed by atoms with van der Waals surface area (Å²) >= 11 is 0. The first-order valence-electron chi connectivity index (χ1n) is 6.01. The van der Waals surface area contributed by atoms with Gasteiger partial charge in [0, 0.05) is 19.3 Å². The highest BCUT2D eigenvalue weighted by atomic mass is 16.2. The molecule has 0 radical (unpaired) electrons. The fourth-order valence-electron chi connectivity index (χ4n) is 2.13. The third-order valence-corrected chi connectivity index (χ3v) is 3.10. The van der Waals surface area contributed by atoms with Gasteiger partial charge in [0.25, 0.3) is 0 Å². The molecule has 0 bridgehead atoms. The lowest BCUT2D eigenvalue weighted by Gasteiger charge is -2.22. The molecular weight excluding hydrogens is 230 g/mol. The van der Waals surface area contributed by atoms with Crippen LogP contribution in [0.1, 0.15) is 12.5 Å². The molecule has 3 amide bonds. The number of fused-ring (bicyclic) bond motifs is 1. The average molecular weight is 247 g/mol. The van der Waals surface area contributed by atoms with Gasteiger partial charge in [0.2, 0.25) is 5.91 Å². The fraction of sp³-hybridized carbons (Fsp3) is 0.385. The number of amides is 3. The Hall–Kier alpha value is -2.04. The van der Waals surface area contributed by atoms with Crippen molar-refractivity contribution in [2.75, 3.05) is 18.5 Å². The van der Waals surface area contributed by atoms with Crippen molar-refractivity contribution in [2.45, 2.75) is 19.4 Å². The second kappa shape index (κ2) is 5.08. The first kappa shape index (κ1) is 12.4. The number of rotatable bonds is 2. The Balaban J connectivity index is 2.09. The predicted molar refractivity (Wildman–Crippen MR) is 69.6 cm³/mol. The van der Waals surface area contributed by atoms with E-state index in [4.69, 9.17) is 0 Å². The van der Waals surface area contributed by atoms with Crippen molar-refractivity contribution in [1.29, 1.82) is 0 Å². The first-order valence-corrected chi connectivity index (χ1v) is 6.01. The van der Waals surface area contributed by atoms with Crippen molar-refractivity contribution in [3.8, 4) is 0 Å². The van der Waals surface area contributed by atoms with Crippen LogP contribution >= 0.6 is 0 Å². The van der Waals surface area contributed by atoms with Crippen LogP contribution in [0.3, 0.4) is 0 Å². The number of urea groups is 1. The summed E-state index contributed by atoms with van der Waals surface area (Å²) in [6.45, 7) is 2.37. The number of hydrogen-bond acceptors (Lipinski definition) is 2. The maximum atomic E-state index is 12.2. The standard InChI is InChI=1S/C13H17N3O2/c1-9(15-13(18)14-2)12(17)16-8-7-10-5-3-4-6-11(10)16/h3-6,9H,7-8H2,1-2H3,(H2,14,15,18)/t9-/m0/s1.